The minimum absolute atomic E-state index is 0.469. The molecular formula is C30H51ClO5. The first-order chi connectivity index (χ1) is 17.2. The lowest BCUT2D eigenvalue weighted by Crippen LogP contribution is -2.43. The Balaban J connectivity index is 0.000000358. The number of fused-ring (bicyclic) bond motifs is 1. The number of halogens is 1. The number of aldehydes is 1. The van der Waals surface area contributed by atoms with Crippen molar-refractivity contribution in [2.24, 2.45) is 29.6 Å². The molecule has 208 valence electrons. The number of hydrogen-bond donors (Lipinski definition) is 1. The number of rotatable bonds is 4. The molecule has 1 aromatic carbocycles. The van der Waals surface area contributed by atoms with Gasteiger partial charge in [0, 0.05) is 12.1 Å². The zero-order valence-corrected chi connectivity index (χ0v) is 24.4. The van der Waals surface area contributed by atoms with E-state index in [1.54, 1.807) is 0 Å². The van der Waals surface area contributed by atoms with Gasteiger partial charge >= 0.3 is 0 Å². The van der Waals surface area contributed by atoms with Gasteiger partial charge in [0.25, 0.3) is 0 Å². The summed E-state index contributed by atoms with van der Waals surface area (Å²) in [6, 6.07) is 6.05. The number of methoxy groups -OCH3 is 1. The summed E-state index contributed by atoms with van der Waals surface area (Å²) in [5.74, 6) is 4.05. The fourth-order valence-corrected chi connectivity index (χ4v) is 6.25. The smallest absolute Gasteiger partial charge is 0.116 e. The highest BCUT2D eigenvalue weighted by molar-refractivity contribution is 6.31. The van der Waals surface area contributed by atoms with E-state index in [0.717, 1.165) is 47.2 Å². The molecule has 5 nitrogen and oxygen atoms in total. The van der Waals surface area contributed by atoms with Gasteiger partial charge in [-0.2, -0.15) is 0 Å². The van der Waals surface area contributed by atoms with Crippen LogP contribution in [0.5, 0.6) is 0 Å². The number of carbonyl (C=O) groups excluding carboxylic acids is 1. The fourth-order valence-electron chi connectivity index (χ4n) is 6.02. The van der Waals surface area contributed by atoms with Crippen molar-refractivity contribution in [1.29, 1.82) is 0 Å². The highest BCUT2D eigenvalue weighted by Crippen LogP contribution is 2.46. The van der Waals surface area contributed by atoms with Gasteiger partial charge in [0.15, 0.2) is 0 Å². The van der Waals surface area contributed by atoms with E-state index in [2.05, 4.69) is 24.8 Å². The Labute approximate surface area is 225 Å². The van der Waals surface area contributed by atoms with E-state index >= 15 is 0 Å². The first kappa shape index (κ1) is 33.0. The predicted octanol–water partition coefficient (Wildman–Crippen LogP) is 7.94. The van der Waals surface area contributed by atoms with Crippen molar-refractivity contribution in [1.82, 2.24) is 0 Å². The van der Waals surface area contributed by atoms with Crippen LogP contribution in [0.25, 0.3) is 0 Å². The Hall–Kier alpha value is -0.980. The Bertz CT molecular complexity index is 723. The lowest BCUT2D eigenvalue weighted by atomic mass is 9.63. The molecule has 2 saturated carbocycles. The molecule has 5 unspecified atom stereocenters. The Kier molecular flexibility index (Phi) is 16.8. The third-order valence-corrected chi connectivity index (χ3v) is 8.60. The van der Waals surface area contributed by atoms with Crippen molar-refractivity contribution >= 4 is 17.9 Å². The highest BCUT2D eigenvalue weighted by atomic mass is 35.5. The summed E-state index contributed by atoms with van der Waals surface area (Å²) in [5, 5.41) is 7.93. The maximum atomic E-state index is 8.81. The molecule has 0 aromatic heterocycles. The van der Waals surface area contributed by atoms with Crippen LogP contribution in [-0.4, -0.2) is 44.6 Å². The van der Waals surface area contributed by atoms with Crippen molar-refractivity contribution in [3.8, 4) is 0 Å². The van der Waals surface area contributed by atoms with E-state index in [1.165, 1.54) is 71.0 Å². The molecule has 3 fully saturated rings. The van der Waals surface area contributed by atoms with E-state index in [1.807, 2.05) is 33.1 Å². The third kappa shape index (κ3) is 10.8. The minimum Gasteiger partial charge on any atom is -0.381 e. The van der Waals surface area contributed by atoms with Crippen LogP contribution in [-0.2, 0) is 19.2 Å². The van der Waals surface area contributed by atoms with Crippen molar-refractivity contribution in [3.63, 3.8) is 0 Å². The molecule has 36 heavy (non-hydrogen) atoms. The second kappa shape index (κ2) is 18.3. The van der Waals surface area contributed by atoms with Gasteiger partial charge in [-0.3, -0.25) is 5.26 Å². The molecule has 2 aliphatic carbocycles. The van der Waals surface area contributed by atoms with Crippen molar-refractivity contribution in [2.75, 3.05) is 20.8 Å². The fraction of sp³-hybridized carbons (Fsp3) is 0.767. The van der Waals surface area contributed by atoms with Crippen molar-refractivity contribution in [3.05, 3.63) is 34.3 Å². The molecule has 4 rings (SSSR count). The molecule has 0 spiro atoms. The van der Waals surface area contributed by atoms with Crippen LogP contribution < -0.4 is 0 Å². The van der Waals surface area contributed by atoms with Crippen LogP contribution in [0.3, 0.4) is 0 Å². The highest BCUT2D eigenvalue weighted by Gasteiger charge is 2.42. The van der Waals surface area contributed by atoms with Gasteiger partial charge in [0.2, 0.25) is 0 Å². The number of aryl methyl sites for hydroxylation is 2. The summed E-state index contributed by atoms with van der Waals surface area (Å²) in [7, 11) is 3.12. The molecule has 1 aliphatic heterocycles. The molecular weight excluding hydrogens is 476 g/mol. The molecule has 0 radical (unpaired) electrons. The second-order valence-corrected chi connectivity index (χ2v) is 11.1. The summed E-state index contributed by atoms with van der Waals surface area (Å²) in [4.78, 5) is 12.1. The molecule has 1 heterocycles. The molecule has 6 heteroatoms. The van der Waals surface area contributed by atoms with E-state index < -0.39 is 0 Å². The van der Waals surface area contributed by atoms with Gasteiger partial charge in [0.05, 0.1) is 25.9 Å². The average molecular weight is 527 g/mol. The maximum absolute atomic E-state index is 8.81. The third-order valence-electron chi connectivity index (χ3n) is 8.19. The number of hydrogen-bond acceptors (Lipinski definition) is 5. The molecule has 1 N–H and O–H groups in total. The topological polar surface area (TPSA) is 65.0 Å². The number of carbonyl (C=O) groups is 1. The van der Waals surface area contributed by atoms with E-state index in [9.17, 15) is 0 Å². The van der Waals surface area contributed by atoms with E-state index in [-0.39, 0.29) is 0 Å². The van der Waals surface area contributed by atoms with Gasteiger partial charge < -0.3 is 14.3 Å². The van der Waals surface area contributed by atoms with Crippen LogP contribution in [0.4, 0.5) is 0 Å². The lowest BCUT2D eigenvalue weighted by molar-refractivity contribution is -0.214. The maximum Gasteiger partial charge on any atom is 0.116 e. The normalized spacial score (nSPS) is 27.0. The SMILES string of the molecule is CC=O.COC(C1CCC1)C(C)[C@@H]1CCCC2CCC(C)OCC21.COO.Cc1ccc(C)c(Cl)c1. The molecule has 6 atom stereocenters. The molecule has 3 aliphatic rings. The van der Waals surface area contributed by atoms with Gasteiger partial charge in [-0.1, -0.05) is 49.9 Å². The molecule has 1 saturated heterocycles. The summed E-state index contributed by atoms with van der Waals surface area (Å²) in [6.45, 7) is 11.2. The lowest BCUT2D eigenvalue weighted by Gasteiger charge is -2.45. The largest absolute Gasteiger partial charge is 0.381 e. The van der Waals surface area contributed by atoms with Crippen LogP contribution >= 0.6 is 11.6 Å². The van der Waals surface area contributed by atoms with E-state index in [4.69, 9.17) is 31.1 Å². The quantitative estimate of drug-likeness (QED) is 0.245. The average Bonchev–Trinajstić information content (AvgIpc) is 3.01. The molecule has 1 aromatic rings. The van der Waals surface area contributed by atoms with Crippen LogP contribution in [0.15, 0.2) is 18.2 Å². The summed E-state index contributed by atoms with van der Waals surface area (Å²) >= 11 is 5.81. The zero-order valence-electron chi connectivity index (χ0n) is 23.7. The van der Waals surface area contributed by atoms with Crippen LogP contribution in [0.2, 0.25) is 5.02 Å². The summed E-state index contributed by atoms with van der Waals surface area (Å²) < 4.78 is 12.1. The number of benzene rings is 1. The minimum atomic E-state index is 0.469. The van der Waals surface area contributed by atoms with Gasteiger partial charge in [-0.25, -0.2) is 4.89 Å². The van der Waals surface area contributed by atoms with Crippen LogP contribution in [0.1, 0.15) is 83.3 Å². The van der Waals surface area contributed by atoms with Crippen LogP contribution in [0, 0.1) is 43.4 Å². The zero-order chi connectivity index (χ0) is 27.1. The van der Waals surface area contributed by atoms with Gasteiger partial charge in [0.1, 0.15) is 6.29 Å². The monoisotopic (exact) mass is 526 g/mol. The Morgan fingerprint density at radius 2 is 1.69 bits per heavy atom. The van der Waals surface area contributed by atoms with Gasteiger partial charge in [-0.15, -0.1) is 0 Å². The first-order valence-electron chi connectivity index (χ1n) is 13.7. The molecule has 0 bridgehead atoms. The summed E-state index contributed by atoms with van der Waals surface area (Å²) in [5.41, 5.74) is 2.35. The standard InChI is InChI=1S/C19H34O2.C8H9Cl.C2H4O.CH4O2/c1-13-10-11-15-6-5-9-17(18(15)12-21-13)14(2)19(20-3)16-7-4-8-16;1-6-3-4-7(2)8(9)5-6;1-2-3;1-3-2/h13-19H,4-12H2,1-3H3;3-5H,1-2H3;2*2H,1H3/t13?,14?,15?,17-,18?,19?;;;/m0.../s1. The first-order valence-corrected chi connectivity index (χ1v) is 14.1. The van der Waals surface area contributed by atoms with E-state index in [0.29, 0.717) is 18.1 Å². The second-order valence-electron chi connectivity index (χ2n) is 10.7. The summed E-state index contributed by atoms with van der Waals surface area (Å²) in [6.07, 6.45) is 12.8. The predicted molar refractivity (Wildman–Crippen MR) is 149 cm³/mol. The molecule has 0 amide bonds. The Morgan fingerprint density at radius 1 is 1.08 bits per heavy atom. The van der Waals surface area contributed by atoms with Crippen molar-refractivity contribution in [2.45, 2.75) is 98.2 Å². The number of ether oxygens (including phenoxy) is 2. The van der Waals surface area contributed by atoms with Gasteiger partial charge in [-0.05, 0) is 107 Å². The Morgan fingerprint density at radius 3 is 2.19 bits per heavy atom. The van der Waals surface area contributed by atoms with Crippen molar-refractivity contribution < 1.29 is 24.4 Å².